The van der Waals surface area contributed by atoms with Gasteiger partial charge in [-0.1, -0.05) is 6.07 Å². The van der Waals surface area contributed by atoms with Crippen LogP contribution >= 0.6 is 0 Å². The van der Waals surface area contributed by atoms with Crippen molar-refractivity contribution in [2.75, 3.05) is 6.61 Å². The SMILES string of the molecule is CCOC(=O)C(C)(C#N)Cc1ccc(F)cc1F. The summed E-state index contributed by atoms with van der Waals surface area (Å²) in [6, 6.07) is 4.85. The van der Waals surface area contributed by atoms with Crippen molar-refractivity contribution in [1.29, 1.82) is 5.26 Å². The van der Waals surface area contributed by atoms with E-state index in [1.165, 1.54) is 13.0 Å². The second-order valence-electron chi connectivity index (χ2n) is 4.08. The van der Waals surface area contributed by atoms with Crippen molar-refractivity contribution in [3.63, 3.8) is 0 Å². The predicted molar refractivity (Wildman–Crippen MR) is 60.4 cm³/mol. The fraction of sp³-hybridized carbons (Fsp3) is 0.385. The Morgan fingerprint density at radius 1 is 1.50 bits per heavy atom. The third kappa shape index (κ3) is 3.04. The average molecular weight is 253 g/mol. The maximum atomic E-state index is 13.5. The maximum absolute atomic E-state index is 13.5. The van der Waals surface area contributed by atoms with Crippen molar-refractivity contribution in [1.82, 2.24) is 0 Å². The zero-order valence-electron chi connectivity index (χ0n) is 10.2. The molecule has 0 aliphatic rings. The van der Waals surface area contributed by atoms with Gasteiger partial charge in [0.1, 0.15) is 11.6 Å². The van der Waals surface area contributed by atoms with Crippen LogP contribution in [0, 0.1) is 28.4 Å². The lowest BCUT2D eigenvalue weighted by molar-refractivity contribution is -0.151. The molecule has 0 fully saturated rings. The summed E-state index contributed by atoms with van der Waals surface area (Å²) in [5.41, 5.74) is -1.37. The van der Waals surface area contributed by atoms with Gasteiger partial charge in [-0.2, -0.15) is 5.26 Å². The third-order valence-corrected chi connectivity index (χ3v) is 2.53. The van der Waals surface area contributed by atoms with Gasteiger partial charge in [-0.25, -0.2) is 8.78 Å². The highest BCUT2D eigenvalue weighted by Crippen LogP contribution is 2.25. The van der Waals surface area contributed by atoms with E-state index >= 15 is 0 Å². The smallest absolute Gasteiger partial charge is 0.326 e. The number of esters is 1. The van der Waals surface area contributed by atoms with Crippen LogP contribution < -0.4 is 0 Å². The first-order chi connectivity index (χ1) is 8.42. The summed E-state index contributed by atoms with van der Waals surface area (Å²) in [6.45, 7) is 3.13. The van der Waals surface area contributed by atoms with Crippen molar-refractivity contribution >= 4 is 5.97 Å². The molecule has 0 heterocycles. The first kappa shape index (κ1) is 14.1. The zero-order valence-corrected chi connectivity index (χ0v) is 10.2. The number of rotatable bonds is 4. The molecule has 96 valence electrons. The van der Waals surface area contributed by atoms with E-state index in [1.54, 1.807) is 6.92 Å². The topological polar surface area (TPSA) is 50.1 Å². The quantitative estimate of drug-likeness (QED) is 0.775. The van der Waals surface area contributed by atoms with E-state index in [2.05, 4.69) is 0 Å². The van der Waals surface area contributed by atoms with Crippen LogP contribution in [0.3, 0.4) is 0 Å². The fourth-order valence-corrected chi connectivity index (χ4v) is 1.49. The van der Waals surface area contributed by atoms with Gasteiger partial charge in [-0.3, -0.25) is 4.79 Å². The molecule has 0 aromatic heterocycles. The van der Waals surface area contributed by atoms with Crippen LogP contribution in [0.15, 0.2) is 18.2 Å². The van der Waals surface area contributed by atoms with Crippen LogP contribution in [0.5, 0.6) is 0 Å². The highest BCUT2D eigenvalue weighted by molar-refractivity contribution is 5.80. The van der Waals surface area contributed by atoms with Crippen molar-refractivity contribution in [2.45, 2.75) is 20.3 Å². The standard InChI is InChI=1S/C13H13F2NO2/c1-3-18-12(17)13(2,8-16)7-9-4-5-10(14)6-11(9)15/h4-6H,3,7H2,1-2H3. The van der Waals surface area contributed by atoms with E-state index in [0.29, 0.717) is 0 Å². The molecule has 0 N–H and O–H groups in total. The zero-order chi connectivity index (χ0) is 13.8. The lowest BCUT2D eigenvalue weighted by Crippen LogP contribution is -2.31. The van der Waals surface area contributed by atoms with Gasteiger partial charge in [0.05, 0.1) is 12.7 Å². The summed E-state index contributed by atoms with van der Waals surface area (Å²) < 4.78 is 31.0. The van der Waals surface area contributed by atoms with E-state index < -0.39 is 23.0 Å². The normalized spacial score (nSPS) is 13.5. The number of hydrogen-bond donors (Lipinski definition) is 0. The van der Waals surface area contributed by atoms with Crippen molar-refractivity contribution in [3.8, 4) is 6.07 Å². The van der Waals surface area contributed by atoms with Gasteiger partial charge in [0.15, 0.2) is 5.41 Å². The molecule has 1 aromatic rings. The number of carbonyl (C=O) groups is 1. The second-order valence-corrected chi connectivity index (χ2v) is 4.08. The summed E-state index contributed by atoms with van der Waals surface area (Å²) in [5, 5.41) is 9.04. The number of hydrogen-bond acceptors (Lipinski definition) is 3. The van der Waals surface area contributed by atoms with E-state index in [1.807, 2.05) is 6.07 Å². The lowest BCUT2D eigenvalue weighted by atomic mass is 9.85. The van der Waals surface area contributed by atoms with Crippen molar-refractivity contribution in [2.24, 2.45) is 5.41 Å². The summed E-state index contributed by atoms with van der Waals surface area (Å²) in [4.78, 5) is 11.6. The summed E-state index contributed by atoms with van der Waals surface area (Å²) in [6.07, 6.45) is -0.158. The highest BCUT2D eigenvalue weighted by Gasteiger charge is 2.36. The largest absolute Gasteiger partial charge is 0.465 e. The highest BCUT2D eigenvalue weighted by atomic mass is 19.1. The summed E-state index contributed by atoms with van der Waals surface area (Å²) in [5.74, 6) is -2.19. The lowest BCUT2D eigenvalue weighted by Gasteiger charge is -2.19. The number of nitrogens with zero attached hydrogens (tertiary/aromatic N) is 1. The molecule has 1 unspecified atom stereocenters. The Kier molecular flexibility index (Phi) is 4.38. The van der Waals surface area contributed by atoms with Crippen LogP contribution in [0.4, 0.5) is 8.78 Å². The van der Waals surface area contributed by atoms with Crippen LogP contribution in [-0.2, 0) is 16.0 Å². The molecule has 0 radical (unpaired) electrons. The molecule has 0 aliphatic carbocycles. The molecule has 0 aliphatic heterocycles. The number of halogens is 2. The number of benzene rings is 1. The van der Waals surface area contributed by atoms with Crippen LogP contribution in [-0.4, -0.2) is 12.6 Å². The van der Waals surface area contributed by atoms with E-state index in [-0.39, 0.29) is 18.6 Å². The minimum atomic E-state index is -1.48. The van der Waals surface area contributed by atoms with Crippen LogP contribution in [0.25, 0.3) is 0 Å². The molecule has 0 saturated carbocycles. The van der Waals surface area contributed by atoms with Gasteiger partial charge < -0.3 is 4.74 Å². The van der Waals surface area contributed by atoms with Gasteiger partial charge in [0.2, 0.25) is 0 Å². The van der Waals surface area contributed by atoms with Gasteiger partial charge in [-0.05, 0) is 25.5 Å². The van der Waals surface area contributed by atoms with Gasteiger partial charge in [-0.15, -0.1) is 0 Å². The predicted octanol–water partition coefficient (Wildman–Crippen LogP) is 2.60. The Balaban J connectivity index is 2.99. The number of nitriles is 1. The van der Waals surface area contributed by atoms with Gasteiger partial charge in [0, 0.05) is 12.5 Å². The molecule has 0 spiro atoms. The van der Waals surface area contributed by atoms with Crippen molar-refractivity contribution < 1.29 is 18.3 Å². The Hall–Kier alpha value is -1.96. The Morgan fingerprint density at radius 2 is 2.17 bits per heavy atom. The monoisotopic (exact) mass is 253 g/mol. The van der Waals surface area contributed by atoms with Gasteiger partial charge in [0.25, 0.3) is 0 Å². The molecule has 0 amide bonds. The Morgan fingerprint density at radius 3 is 2.67 bits per heavy atom. The summed E-state index contributed by atoms with van der Waals surface area (Å²) >= 11 is 0. The average Bonchev–Trinajstić information content (AvgIpc) is 2.33. The molecule has 3 nitrogen and oxygen atoms in total. The van der Waals surface area contributed by atoms with E-state index in [9.17, 15) is 13.6 Å². The first-order valence-corrected chi connectivity index (χ1v) is 5.45. The Labute approximate surface area is 104 Å². The van der Waals surface area contributed by atoms with E-state index in [4.69, 9.17) is 10.00 Å². The Bertz CT molecular complexity index is 496. The van der Waals surface area contributed by atoms with Crippen LogP contribution in [0.1, 0.15) is 19.4 Å². The minimum Gasteiger partial charge on any atom is -0.465 e. The first-order valence-electron chi connectivity index (χ1n) is 5.45. The molecule has 1 atom stereocenters. The molecular weight excluding hydrogens is 240 g/mol. The molecular formula is C13H13F2NO2. The third-order valence-electron chi connectivity index (χ3n) is 2.53. The fourth-order valence-electron chi connectivity index (χ4n) is 1.49. The number of ether oxygens (including phenoxy) is 1. The van der Waals surface area contributed by atoms with Crippen LogP contribution in [0.2, 0.25) is 0 Å². The molecule has 0 saturated heterocycles. The molecule has 1 aromatic carbocycles. The van der Waals surface area contributed by atoms with Gasteiger partial charge >= 0.3 is 5.97 Å². The van der Waals surface area contributed by atoms with E-state index in [0.717, 1.165) is 12.1 Å². The number of carbonyl (C=O) groups excluding carboxylic acids is 1. The maximum Gasteiger partial charge on any atom is 0.326 e. The molecule has 18 heavy (non-hydrogen) atoms. The molecule has 5 heteroatoms. The van der Waals surface area contributed by atoms with Crippen molar-refractivity contribution in [3.05, 3.63) is 35.4 Å². The summed E-state index contributed by atoms with van der Waals surface area (Å²) in [7, 11) is 0. The second kappa shape index (κ2) is 5.58. The minimum absolute atomic E-state index is 0.105. The molecule has 1 rings (SSSR count). The molecule has 0 bridgehead atoms.